The maximum absolute atomic E-state index is 11.2. The van der Waals surface area contributed by atoms with E-state index in [2.05, 4.69) is 37.3 Å². The van der Waals surface area contributed by atoms with Crippen LogP contribution in [0.15, 0.2) is 36.5 Å². The predicted molar refractivity (Wildman–Crippen MR) is 83.7 cm³/mol. The topological polar surface area (TPSA) is 35.5 Å². The Bertz CT molecular complexity index is 327. The molecule has 1 unspecified atom stereocenters. The van der Waals surface area contributed by atoms with Gasteiger partial charge in [0.05, 0.1) is 6.10 Å². The second-order valence-electron chi connectivity index (χ2n) is 4.87. The van der Waals surface area contributed by atoms with Gasteiger partial charge >= 0.3 is 6.16 Å². The van der Waals surface area contributed by atoms with Gasteiger partial charge < -0.3 is 9.47 Å². The normalized spacial score (nSPS) is 13.7. The van der Waals surface area contributed by atoms with Crippen molar-refractivity contribution < 1.29 is 14.3 Å². The first-order chi connectivity index (χ1) is 9.56. The maximum Gasteiger partial charge on any atom is 0.508 e. The van der Waals surface area contributed by atoms with Gasteiger partial charge in [0.15, 0.2) is 0 Å². The lowest BCUT2D eigenvalue weighted by atomic mass is 10.2. The lowest BCUT2D eigenvalue weighted by molar-refractivity contribution is 0.0129. The number of carbonyl (C=O) groups excluding carboxylic acids is 1. The molecule has 0 aromatic heterocycles. The second-order valence-corrected chi connectivity index (χ2v) is 4.87. The van der Waals surface area contributed by atoms with Crippen molar-refractivity contribution in [1.29, 1.82) is 0 Å². The zero-order valence-electron chi connectivity index (χ0n) is 13.2. The summed E-state index contributed by atoms with van der Waals surface area (Å²) in [5, 5.41) is 0. The summed E-state index contributed by atoms with van der Waals surface area (Å²) in [5.74, 6) is 0. The summed E-state index contributed by atoms with van der Waals surface area (Å²) in [7, 11) is 0. The highest BCUT2D eigenvalue weighted by molar-refractivity contribution is 5.60. The van der Waals surface area contributed by atoms with E-state index in [1.165, 1.54) is 0 Å². The zero-order valence-corrected chi connectivity index (χ0v) is 13.2. The first kappa shape index (κ1) is 18.5. The summed E-state index contributed by atoms with van der Waals surface area (Å²) in [4.78, 5) is 11.2. The minimum atomic E-state index is -0.594. The molecule has 20 heavy (non-hydrogen) atoms. The number of allylic oxidation sites excluding steroid dienone is 5. The minimum absolute atomic E-state index is 0.142. The van der Waals surface area contributed by atoms with E-state index in [9.17, 15) is 4.79 Å². The molecular weight excluding hydrogens is 252 g/mol. The van der Waals surface area contributed by atoms with Gasteiger partial charge in [-0.1, -0.05) is 43.4 Å². The third-order valence-corrected chi connectivity index (χ3v) is 2.38. The Morgan fingerprint density at radius 1 is 0.900 bits per heavy atom. The highest BCUT2D eigenvalue weighted by Gasteiger charge is 2.10. The van der Waals surface area contributed by atoms with Crippen molar-refractivity contribution in [2.24, 2.45) is 0 Å². The lowest BCUT2D eigenvalue weighted by Gasteiger charge is -2.12. The molecule has 0 spiro atoms. The molecule has 0 N–H and O–H groups in total. The fourth-order valence-electron chi connectivity index (χ4n) is 1.43. The van der Waals surface area contributed by atoms with Crippen molar-refractivity contribution in [3.8, 4) is 0 Å². The largest absolute Gasteiger partial charge is 0.508 e. The summed E-state index contributed by atoms with van der Waals surface area (Å²) < 4.78 is 10.0. The van der Waals surface area contributed by atoms with E-state index < -0.39 is 6.16 Å². The molecule has 3 nitrogen and oxygen atoms in total. The van der Waals surface area contributed by atoms with Crippen molar-refractivity contribution in [2.75, 3.05) is 0 Å². The molecule has 0 aromatic rings. The highest BCUT2D eigenvalue weighted by atomic mass is 16.7. The predicted octanol–water partition coefficient (Wildman–Crippen LogP) is 5.19. The Morgan fingerprint density at radius 2 is 1.45 bits per heavy atom. The Hall–Kier alpha value is -1.51. The second kappa shape index (κ2) is 12.5. The molecule has 0 aliphatic carbocycles. The minimum Gasteiger partial charge on any atom is -0.432 e. The number of hydrogen-bond donors (Lipinski definition) is 0. The third-order valence-electron chi connectivity index (χ3n) is 2.38. The van der Waals surface area contributed by atoms with Crippen LogP contribution in [0.4, 0.5) is 4.79 Å². The maximum atomic E-state index is 11.2. The quantitative estimate of drug-likeness (QED) is 0.431. The lowest BCUT2D eigenvalue weighted by Crippen LogP contribution is -2.18. The summed E-state index contributed by atoms with van der Waals surface area (Å²) in [6, 6.07) is 0. The van der Waals surface area contributed by atoms with Gasteiger partial charge in [-0.05, 0) is 40.0 Å². The van der Waals surface area contributed by atoms with Crippen LogP contribution in [0.1, 0.15) is 53.4 Å². The van der Waals surface area contributed by atoms with E-state index in [-0.39, 0.29) is 12.2 Å². The van der Waals surface area contributed by atoms with Crippen LogP contribution in [0, 0.1) is 0 Å². The van der Waals surface area contributed by atoms with Crippen molar-refractivity contribution in [3.05, 3.63) is 36.5 Å². The standard InChI is InChI=1S/C17H28O3/c1-5-6-7-8-9-10-11-12-13-14-16(4)20-17(18)19-15(2)3/h6-7,9-10,12-13,15-16H,5,8,11,14H2,1-4H3/b7-6-,10-9-,13-12-. The molecule has 0 aromatic carbocycles. The molecular formula is C17H28O3. The Kier molecular flexibility index (Phi) is 11.6. The van der Waals surface area contributed by atoms with Crippen LogP contribution in [0.25, 0.3) is 0 Å². The van der Waals surface area contributed by atoms with E-state index in [1.54, 1.807) is 13.8 Å². The average Bonchev–Trinajstić information content (AvgIpc) is 2.35. The van der Waals surface area contributed by atoms with Crippen LogP contribution in [0.2, 0.25) is 0 Å². The summed E-state index contributed by atoms with van der Waals surface area (Å²) in [5.41, 5.74) is 0. The molecule has 0 aliphatic heterocycles. The van der Waals surface area contributed by atoms with Crippen molar-refractivity contribution in [3.63, 3.8) is 0 Å². The van der Waals surface area contributed by atoms with E-state index in [1.807, 2.05) is 13.0 Å². The van der Waals surface area contributed by atoms with E-state index >= 15 is 0 Å². The van der Waals surface area contributed by atoms with Crippen LogP contribution in [0.3, 0.4) is 0 Å². The first-order valence-electron chi connectivity index (χ1n) is 7.38. The molecule has 0 fully saturated rings. The summed E-state index contributed by atoms with van der Waals surface area (Å²) >= 11 is 0. The van der Waals surface area contributed by atoms with Gasteiger partial charge in [0.25, 0.3) is 0 Å². The molecule has 0 aliphatic rings. The van der Waals surface area contributed by atoms with E-state index in [4.69, 9.17) is 9.47 Å². The average molecular weight is 280 g/mol. The zero-order chi connectivity index (χ0) is 15.2. The molecule has 0 amide bonds. The van der Waals surface area contributed by atoms with Gasteiger partial charge in [0.2, 0.25) is 0 Å². The molecule has 0 bridgehead atoms. The van der Waals surface area contributed by atoms with Crippen LogP contribution >= 0.6 is 0 Å². The number of carbonyl (C=O) groups is 1. The van der Waals surface area contributed by atoms with E-state index in [0.717, 1.165) is 19.3 Å². The van der Waals surface area contributed by atoms with Crippen molar-refractivity contribution in [1.82, 2.24) is 0 Å². The molecule has 3 heteroatoms. The molecule has 114 valence electrons. The van der Waals surface area contributed by atoms with Crippen LogP contribution < -0.4 is 0 Å². The fourth-order valence-corrected chi connectivity index (χ4v) is 1.43. The van der Waals surface area contributed by atoms with Crippen molar-refractivity contribution in [2.45, 2.75) is 65.6 Å². The van der Waals surface area contributed by atoms with Crippen LogP contribution in [-0.4, -0.2) is 18.4 Å². The van der Waals surface area contributed by atoms with E-state index in [0.29, 0.717) is 6.42 Å². The number of rotatable bonds is 9. The monoisotopic (exact) mass is 280 g/mol. The van der Waals surface area contributed by atoms with Gasteiger partial charge in [-0.25, -0.2) is 4.79 Å². The van der Waals surface area contributed by atoms with Crippen LogP contribution in [0.5, 0.6) is 0 Å². The van der Waals surface area contributed by atoms with Crippen molar-refractivity contribution >= 4 is 6.16 Å². The molecule has 0 heterocycles. The van der Waals surface area contributed by atoms with Gasteiger partial charge in [-0.3, -0.25) is 0 Å². The Morgan fingerprint density at radius 3 is 2.00 bits per heavy atom. The van der Waals surface area contributed by atoms with Gasteiger partial charge in [-0.15, -0.1) is 0 Å². The number of ether oxygens (including phenoxy) is 2. The Balaban J connectivity index is 3.68. The molecule has 0 saturated heterocycles. The number of hydrogen-bond acceptors (Lipinski definition) is 3. The van der Waals surface area contributed by atoms with Crippen LogP contribution in [-0.2, 0) is 9.47 Å². The Labute approximate surface area is 123 Å². The van der Waals surface area contributed by atoms with Gasteiger partial charge in [-0.2, -0.15) is 0 Å². The summed E-state index contributed by atoms with van der Waals surface area (Å²) in [6.45, 7) is 7.59. The summed E-state index contributed by atoms with van der Waals surface area (Å²) in [6.07, 6.45) is 15.5. The molecule has 0 saturated carbocycles. The third kappa shape index (κ3) is 12.9. The fraction of sp³-hybridized carbons (Fsp3) is 0.588. The highest BCUT2D eigenvalue weighted by Crippen LogP contribution is 2.03. The molecule has 0 radical (unpaired) electrons. The smallest absolute Gasteiger partial charge is 0.432 e. The SMILES string of the molecule is CC/C=C\C/C=C\C/C=C\CC(C)OC(=O)OC(C)C. The first-order valence-corrected chi connectivity index (χ1v) is 7.38. The van der Waals surface area contributed by atoms with Gasteiger partial charge in [0, 0.05) is 6.42 Å². The van der Waals surface area contributed by atoms with Gasteiger partial charge in [0.1, 0.15) is 6.10 Å². The molecule has 0 rings (SSSR count). The molecule has 1 atom stereocenters.